The third-order valence-electron chi connectivity index (χ3n) is 2.90. The van der Waals surface area contributed by atoms with Crippen molar-refractivity contribution in [2.75, 3.05) is 5.88 Å². The second-order valence-corrected chi connectivity index (χ2v) is 5.38. The fourth-order valence-corrected chi connectivity index (χ4v) is 1.94. The highest BCUT2D eigenvalue weighted by Gasteiger charge is 2.21. The minimum Gasteiger partial charge on any atom is -0.346 e. The molecule has 1 amide bonds. The Labute approximate surface area is 116 Å². The number of hydrogen-bond donors (Lipinski definition) is 1. The zero-order valence-electron chi connectivity index (χ0n) is 10.8. The predicted molar refractivity (Wildman–Crippen MR) is 76.2 cm³/mol. The van der Waals surface area contributed by atoms with Crippen molar-refractivity contribution in [2.24, 2.45) is 0 Å². The summed E-state index contributed by atoms with van der Waals surface area (Å²) >= 11 is 5.79. The van der Waals surface area contributed by atoms with Gasteiger partial charge in [-0.1, -0.05) is 24.3 Å². The Hall–Kier alpha value is -1.61. The second kappa shape index (κ2) is 5.17. The molecule has 2 nitrogen and oxygen atoms in total. The molecule has 100 valence electrons. The van der Waals surface area contributed by atoms with Crippen LogP contribution in [0.25, 0.3) is 10.8 Å². The van der Waals surface area contributed by atoms with Crippen LogP contribution >= 0.6 is 11.6 Å². The summed E-state index contributed by atoms with van der Waals surface area (Å²) in [5, 5.41) is 3.89. The van der Waals surface area contributed by atoms with Crippen molar-refractivity contribution in [1.82, 2.24) is 5.32 Å². The monoisotopic (exact) mass is 279 g/mol. The van der Waals surface area contributed by atoms with E-state index in [4.69, 9.17) is 11.6 Å². The Balaban J connectivity index is 2.46. The number of nitrogens with one attached hydrogen (secondary N) is 1. The van der Waals surface area contributed by atoms with Crippen molar-refractivity contribution >= 4 is 28.3 Å². The summed E-state index contributed by atoms with van der Waals surface area (Å²) < 4.78 is 13.7. The SMILES string of the molecule is CC(C)(CCl)NC(=O)c1ccc(F)c2ccccc12. The highest BCUT2D eigenvalue weighted by molar-refractivity contribution is 6.19. The van der Waals surface area contributed by atoms with E-state index in [9.17, 15) is 9.18 Å². The topological polar surface area (TPSA) is 29.1 Å². The molecule has 0 aliphatic carbocycles. The number of carbonyl (C=O) groups is 1. The Morgan fingerprint density at radius 2 is 1.84 bits per heavy atom. The van der Waals surface area contributed by atoms with E-state index in [1.54, 1.807) is 24.3 Å². The van der Waals surface area contributed by atoms with E-state index < -0.39 is 5.54 Å². The molecule has 19 heavy (non-hydrogen) atoms. The number of alkyl halides is 1. The van der Waals surface area contributed by atoms with Gasteiger partial charge in [-0.3, -0.25) is 4.79 Å². The number of fused-ring (bicyclic) bond motifs is 1. The maximum atomic E-state index is 13.7. The maximum absolute atomic E-state index is 13.7. The molecule has 0 aliphatic rings. The number of hydrogen-bond acceptors (Lipinski definition) is 1. The molecule has 0 saturated heterocycles. The van der Waals surface area contributed by atoms with Gasteiger partial charge in [0.2, 0.25) is 0 Å². The van der Waals surface area contributed by atoms with Crippen LogP contribution in [0.2, 0.25) is 0 Å². The van der Waals surface area contributed by atoms with Gasteiger partial charge in [0, 0.05) is 22.4 Å². The standard InChI is InChI=1S/C15H15ClFNO/c1-15(2,9-16)18-14(19)12-7-8-13(17)11-6-4-3-5-10(11)12/h3-8H,9H2,1-2H3,(H,18,19). The minimum absolute atomic E-state index is 0.248. The lowest BCUT2D eigenvalue weighted by atomic mass is 10.0. The average Bonchev–Trinajstić information content (AvgIpc) is 2.39. The minimum atomic E-state index is -0.506. The summed E-state index contributed by atoms with van der Waals surface area (Å²) in [6.45, 7) is 3.67. The maximum Gasteiger partial charge on any atom is 0.252 e. The Morgan fingerprint density at radius 3 is 2.47 bits per heavy atom. The average molecular weight is 280 g/mol. The lowest BCUT2D eigenvalue weighted by Crippen LogP contribution is -2.44. The van der Waals surface area contributed by atoms with Gasteiger partial charge in [0.25, 0.3) is 5.91 Å². The molecule has 0 bridgehead atoms. The number of halogens is 2. The van der Waals surface area contributed by atoms with Gasteiger partial charge < -0.3 is 5.32 Å². The second-order valence-electron chi connectivity index (χ2n) is 5.11. The number of benzene rings is 2. The van der Waals surface area contributed by atoms with Crippen molar-refractivity contribution in [3.8, 4) is 0 Å². The first-order valence-corrected chi connectivity index (χ1v) is 6.54. The van der Waals surface area contributed by atoms with Gasteiger partial charge in [-0.15, -0.1) is 11.6 Å². The number of amides is 1. The summed E-state index contributed by atoms with van der Waals surface area (Å²) in [4.78, 5) is 12.3. The number of carbonyl (C=O) groups excluding carboxylic acids is 1. The smallest absolute Gasteiger partial charge is 0.252 e. The van der Waals surface area contributed by atoms with Gasteiger partial charge in [0.15, 0.2) is 0 Å². The van der Waals surface area contributed by atoms with Crippen molar-refractivity contribution in [3.05, 3.63) is 47.8 Å². The molecule has 2 rings (SSSR count). The Kier molecular flexibility index (Phi) is 3.76. The van der Waals surface area contributed by atoms with Gasteiger partial charge in [0.05, 0.1) is 0 Å². The van der Waals surface area contributed by atoms with Crippen LogP contribution in [0.5, 0.6) is 0 Å². The summed E-state index contributed by atoms with van der Waals surface area (Å²) in [7, 11) is 0. The molecule has 0 heterocycles. The van der Waals surface area contributed by atoms with Gasteiger partial charge in [0.1, 0.15) is 5.82 Å². The van der Waals surface area contributed by atoms with Gasteiger partial charge in [-0.05, 0) is 31.4 Å². The van der Waals surface area contributed by atoms with E-state index in [-0.39, 0.29) is 11.7 Å². The van der Waals surface area contributed by atoms with Gasteiger partial charge in [-0.2, -0.15) is 0 Å². The molecular weight excluding hydrogens is 265 g/mol. The van der Waals surface area contributed by atoms with Crippen LogP contribution in [0, 0.1) is 5.82 Å². The normalized spacial score (nSPS) is 11.6. The van der Waals surface area contributed by atoms with E-state index in [1.165, 1.54) is 12.1 Å². The Bertz CT molecular complexity index is 625. The number of rotatable bonds is 3. The molecule has 0 saturated carbocycles. The molecular formula is C15H15ClFNO. The van der Waals surface area contributed by atoms with E-state index in [1.807, 2.05) is 13.8 Å². The molecule has 0 aliphatic heterocycles. The van der Waals surface area contributed by atoms with Crippen LogP contribution in [-0.2, 0) is 0 Å². The van der Waals surface area contributed by atoms with Crippen molar-refractivity contribution in [2.45, 2.75) is 19.4 Å². The lowest BCUT2D eigenvalue weighted by Gasteiger charge is -2.23. The first-order chi connectivity index (χ1) is 8.94. The molecule has 1 N–H and O–H groups in total. The molecule has 4 heteroatoms. The molecule has 2 aromatic carbocycles. The molecule has 0 fully saturated rings. The van der Waals surface area contributed by atoms with Crippen LogP contribution in [0.3, 0.4) is 0 Å². The van der Waals surface area contributed by atoms with E-state index in [0.29, 0.717) is 22.2 Å². The van der Waals surface area contributed by atoms with Gasteiger partial charge in [-0.25, -0.2) is 4.39 Å². The lowest BCUT2D eigenvalue weighted by molar-refractivity contribution is 0.0922. The van der Waals surface area contributed by atoms with Gasteiger partial charge >= 0.3 is 0 Å². The van der Waals surface area contributed by atoms with E-state index in [0.717, 1.165) is 0 Å². The van der Waals surface area contributed by atoms with Crippen LogP contribution in [-0.4, -0.2) is 17.3 Å². The van der Waals surface area contributed by atoms with Crippen molar-refractivity contribution < 1.29 is 9.18 Å². The zero-order chi connectivity index (χ0) is 14.0. The first kappa shape index (κ1) is 13.8. The molecule has 2 aromatic rings. The van der Waals surface area contributed by atoms with Crippen LogP contribution in [0.15, 0.2) is 36.4 Å². The highest BCUT2D eigenvalue weighted by Crippen LogP contribution is 2.22. The van der Waals surface area contributed by atoms with E-state index >= 15 is 0 Å². The van der Waals surface area contributed by atoms with Crippen molar-refractivity contribution in [3.63, 3.8) is 0 Å². The molecule has 0 atom stereocenters. The summed E-state index contributed by atoms with van der Waals surface area (Å²) in [5.74, 6) is -0.275. The predicted octanol–water partition coefficient (Wildman–Crippen LogP) is 3.73. The third-order valence-corrected chi connectivity index (χ3v) is 3.57. The van der Waals surface area contributed by atoms with Crippen LogP contribution in [0.4, 0.5) is 4.39 Å². The summed E-state index contributed by atoms with van der Waals surface area (Å²) in [5.41, 5.74) is -0.0519. The fraction of sp³-hybridized carbons (Fsp3) is 0.267. The van der Waals surface area contributed by atoms with Crippen molar-refractivity contribution in [1.29, 1.82) is 0 Å². The quantitative estimate of drug-likeness (QED) is 0.853. The summed E-state index contributed by atoms with van der Waals surface area (Å²) in [6.07, 6.45) is 0. The molecule has 0 unspecified atom stereocenters. The fourth-order valence-electron chi connectivity index (χ4n) is 1.87. The van der Waals surface area contributed by atoms with Crippen LogP contribution < -0.4 is 5.32 Å². The molecule has 0 spiro atoms. The largest absolute Gasteiger partial charge is 0.346 e. The molecule has 0 aromatic heterocycles. The zero-order valence-corrected chi connectivity index (χ0v) is 11.6. The van der Waals surface area contributed by atoms with Crippen LogP contribution in [0.1, 0.15) is 24.2 Å². The van der Waals surface area contributed by atoms with E-state index in [2.05, 4.69) is 5.32 Å². The highest BCUT2D eigenvalue weighted by atomic mass is 35.5. The first-order valence-electron chi connectivity index (χ1n) is 6.00. The molecule has 0 radical (unpaired) electrons. The third kappa shape index (κ3) is 2.87. The summed E-state index contributed by atoms with van der Waals surface area (Å²) in [6, 6.07) is 9.73. The Morgan fingerprint density at radius 1 is 1.21 bits per heavy atom.